The van der Waals surface area contributed by atoms with Gasteiger partial charge in [0.05, 0.1) is 23.0 Å². The van der Waals surface area contributed by atoms with Gasteiger partial charge in [-0.25, -0.2) is 0 Å². The largest absolute Gasteiger partial charge is 0.473 e. The first-order chi connectivity index (χ1) is 9.58. The lowest BCUT2D eigenvalue weighted by Crippen LogP contribution is -2.57. The van der Waals surface area contributed by atoms with Gasteiger partial charge < -0.3 is 20.1 Å². The van der Waals surface area contributed by atoms with Gasteiger partial charge in [0.1, 0.15) is 5.82 Å². The fourth-order valence-electron chi connectivity index (χ4n) is 2.88. The van der Waals surface area contributed by atoms with E-state index in [2.05, 4.69) is 37.6 Å². The molecule has 2 N–H and O–H groups in total. The molecule has 21 heavy (non-hydrogen) atoms. The number of ether oxygens (including phenoxy) is 2. The van der Waals surface area contributed by atoms with E-state index < -0.39 is 0 Å². The van der Waals surface area contributed by atoms with E-state index in [0.717, 1.165) is 18.9 Å². The number of nitrogen functional groups attached to an aromatic ring is 1. The van der Waals surface area contributed by atoms with Gasteiger partial charge in [-0.05, 0) is 53.7 Å². The van der Waals surface area contributed by atoms with E-state index in [-0.39, 0.29) is 17.3 Å². The van der Waals surface area contributed by atoms with Gasteiger partial charge >= 0.3 is 0 Å². The number of hydrogen-bond acceptors (Lipinski definition) is 5. The van der Waals surface area contributed by atoms with Crippen molar-refractivity contribution < 1.29 is 9.47 Å². The lowest BCUT2D eigenvalue weighted by atomic mass is 9.99. The zero-order chi connectivity index (χ0) is 15.8. The molecule has 1 fully saturated rings. The molecule has 2 rings (SSSR count). The molecular weight excluding hydrogens is 266 g/mol. The Bertz CT molecular complexity index is 496. The fraction of sp³-hybridized carbons (Fsp3) is 0.688. The monoisotopic (exact) mass is 293 g/mol. The average molecular weight is 293 g/mol. The number of hydrogen-bond donors (Lipinski definition) is 1. The molecule has 0 saturated carbocycles. The number of morpholine rings is 1. The summed E-state index contributed by atoms with van der Waals surface area (Å²) < 4.78 is 11.8. The summed E-state index contributed by atoms with van der Waals surface area (Å²) in [6.07, 6.45) is 0.0487. The highest BCUT2D eigenvalue weighted by Gasteiger charge is 2.38. The summed E-state index contributed by atoms with van der Waals surface area (Å²) in [6, 6.07) is 3.80. The third-order valence-electron chi connectivity index (χ3n) is 3.24. The molecule has 1 aromatic rings. The van der Waals surface area contributed by atoms with Crippen LogP contribution in [-0.2, 0) is 4.74 Å². The second-order valence-electron chi connectivity index (χ2n) is 7.21. The van der Waals surface area contributed by atoms with E-state index in [1.807, 2.05) is 26.0 Å². The number of aromatic nitrogens is 1. The van der Waals surface area contributed by atoms with Crippen molar-refractivity contribution in [3.8, 4) is 5.88 Å². The smallest absolute Gasteiger partial charge is 0.239 e. The highest BCUT2D eigenvalue weighted by Crippen LogP contribution is 2.32. The first-order valence-corrected chi connectivity index (χ1v) is 7.46. The molecule has 118 valence electrons. The number of anilines is 2. The SMILES string of the molecule is CC(C)Oc1nc(N2CC(C)(C)OC(C)(C)C2)ccc1N. The summed E-state index contributed by atoms with van der Waals surface area (Å²) in [5, 5.41) is 0. The lowest BCUT2D eigenvalue weighted by molar-refractivity contribution is -0.133. The van der Waals surface area contributed by atoms with Gasteiger partial charge in [-0.2, -0.15) is 4.98 Å². The van der Waals surface area contributed by atoms with Crippen molar-refractivity contribution in [3.63, 3.8) is 0 Å². The van der Waals surface area contributed by atoms with Crippen LogP contribution in [0.3, 0.4) is 0 Å². The van der Waals surface area contributed by atoms with Crippen molar-refractivity contribution in [2.75, 3.05) is 23.7 Å². The van der Waals surface area contributed by atoms with Crippen LogP contribution in [0, 0.1) is 0 Å². The third-order valence-corrected chi connectivity index (χ3v) is 3.24. The van der Waals surface area contributed by atoms with Crippen molar-refractivity contribution >= 4 is 11.5 Å². The van der Waals surface area contributed by atoms with Crippen LogP contribution in [0.4, 0.5) is 11.5 Å². The quantitative estimate of drug-likeness (QED) is 0.928. The van der Waals surface area contributed by atoms with Crippen molar-refractivity contribution in [2.45, 2.75) is 58.8 Å². The van der Waals surface area contributed by atoms with Crippen LogP contribution < -0.4 is 15.4 Å². The molecule has 0 unspecified atom stereocenters. The summed E-state index contributed by atoms with van der Waals surface area (Å²) in [7, 11) is 0. The van der Waals surface area contributed by atoms with Crippen LogP contribution in [0.25, 0.3) is 0 Å². The van der Waals surface area contributed by atoms with E-state index in [9.17, 15) is 0 Å². The molecule has 0 aliphatic carbocycles. The molecule has 0 spiro atoms. The highest BCUT2D eigenvalue weighted by molar-refractivity contribution is 5.55. The lowest BCUT2D eigenvalue weighted by Gasteiger charge is -2.47. The summed E-state index contributed by atoms with van der Waals surface area (Å²) in [5.41, 5.74) is 6.08. The minimum atomic E-state index is -0.218. The molecule has 1 saturated heterocycles. The Hall–Kier alpha value is -1.49. The predicted octanol–water partition coefficient (Wildman–Crippen LogP) is 2.84. The highest BCUT2D eigenvalue weighted by atomic mass is 16.5. The van der Waals surface area contributed by atoms with Crippen LogP contribution in [-0.4, -0.2) is 35.4 Å². The summed E-state index contributed by atoms with van der Waals surface area (Å²) in [6.45, 7) is 13.9. The van der Waals surface area contributed by atoms with Crippen molar-refractivity contribution in [2.24, 2.45) is 0 Å². The Balaban J connectivity index is 2.29. The topological polar surface area (TPSA) is 60.6 Å². The Morgan fingerprint density at radius 3 is 2.29 bits per heavy atom. The molecule has 0 amide bonds. The predicted molar refractivity (Wildman–Crippen MR) is 85.9 cm³/mol. The van der Waals surface area contributed by atoms with E-state index in [1.54, 1.807) is 0 Å². The van der Waals surface area contributed by atoms with Gasteiger partial charge in [0.15, 0.2) is 0 Å². The normalized spacial score (nSPS) is 20.6. The summed E-state index contributed by atoms with van der Waals surface area (Å²) in [4.78, 5) is 6.82. The van der Waals surface area contributed by atoms with Crippen molar-refractivity contribution in [1.29, 1.82) is 0 Å². The van der Waals surface area contributed by atoms with E-state index >= 15 is 0 Å². The Labute approximate surface area is 127 Å². The van der Waals surface area contributed by atoms with Gasteiger partial charge in [-0.3, -0.25) is 0 Å². The maximum absolute atomic E-state index is 6.11. The van der Waals surface area contributed by atoms with Gasteiger partial charge in [-0.1, -0.05) is 0 Å². The molecule has 1 aliphatic rings. The molecule has 1 aromatic heterocycles. The summed E-state index contributed by atoms with van der Waals surface area (Å²) in [5.74, 6) is 1.38. The van der Waals surface area contributed by atoms with Gasteiger partial charge in [0.25, 0.3) is 0 Å². The zero-order valence-corrected chi connectivity index (χ0v) is 13.9. The van der Waals surface area contributed by atoms with E-state index in [0.29, 0.717) is 11.6 Å². The number of pyridine rings is 1. The number of nitrogens with zero attached hydrogens (tertiary/aromatic N) is 2. The second-order valence-corrected chi connectivity index (χ2v) is 7.21. The van der Waals surface area contributed by atoms with Gasteiger partial charge in [-0.15, -0.1) is 0 Å². The summed E-state index contributed by atoms with van der Waals surface area (Å²) >= 11 is 0. The zero-order valence-electron chi connectivity index (χ0n) is 13.9. The molecule has 0 aromatic carbocycles. The van der Waals surface area contributed by atoms with Crippen LogP contribution in [0.2, 0.25) is 0 Å². The first-order valence-electron chi connectivity index (χ1n) is 7.46. The third kappa shape index (κ3) is 4.00. The van der Waals surface area contributed by atoms with E-state index in [1.165, 1.54) is 0 Å². The maximum Gasteiger partial charge on any atom is 0.239 e. The fourth-order valence-corrected chi connectivity index (χ4v) is 2.88. The van der Waals surface area contributed by atoms with Crippen LogP contribution in [0.5, 0.6) is 5.88 Å². The molecule has 0 radical (unpaired) electrons. The molecule has 1 aliphatic heterocycles. The molecule has 2 heterocycles. The van der Waals surface area contributed by atoms with Gasteiger partial charge in [0.2, 0.25) is 5.88 Å². The molecule has 5 nitrogen and oxygen atoms in total. The average Bonchev–Trinajstić information content (AvgIpc) is 2.27. The number of rotatable bonds is 3. The molecular formula is C16H27N3O2. The van der Waals surface area contributed by atoms with E-state index in [4.69, 9.17) is 15.2 Å². The van der Waals surface area contributed by atoms with Crippen LogP contribution in [0.1, 0.15) is 41.5 Å². The molecule has 0 bridgehead atoms. The van der Waals surface area contributed by atoms with Crippen LogP contribution >= 0.6 is 0 Å². The van der Waals surface area contributed by atoms with Crippen LogP contribution in [0.15, 0.2) is 12.1 Å². The number of nitrogens with two attached hydrogens (primary N) is 1. The Morgan fingerprint density at radius 2 is 1.76 bits per heavy atom. The standard InChI is InChI=1S/C16H27N3O2/c1-11(2)20-14-12(17)7-8-13(18-14)19-9-15(3,4)21-16(5,6)10-19/h7-8,11H,9-10,17H2,1-6H3. The molecule has 5 heteroatoms. The maximum atomic E-state index is 6.11. The molecule has 0 atom stereocenters. The Kier molecular flexibility index (Phi) is 4.06. The second kappa shape index (κ2) is 5.37. The Morgan fingerprint density at radius 1 is 1.19 bits per heavy atom. The minimum Gasteiger partial charge on any atom is -0.473 e. The van der Waals surface area contributed by atoms with Crippen molar-refractivity contribution in [1.82, 2.24) is 4.98 Å². The first kappa shape index (κ1) is 15.9. The van der Waals surface area contributed by atoms with Gasteiger partial charge in [0, 0.05) is 13.1 Å². The van der Waals surface area contributed by atoms with Crippen molar-refractivity contribution in [3.05, 3.63) is 12.1 Å². The minimum absolute atomic E-state index is 0.0487.